The van der Waals surface area contributed by atoms with Crippen molar-refractivity contribution < 1.29 is 9.47 Å². The molecule has 0 aromatic carbocycles. The molecule has 0 aromatic rings. The van der Waals surface area contributed by atoms with Crippen LogP contribution in [0.5, 0.6) is 0 Å². The molecule has 1 spiro atoms. The fraction of sp³-hybridized carbons (Fsp3) is 1.00. The van der Waals surface area contributed by atoms with Crippen LogP contribution in [0.3, 0.4) is 0 Å². The van der Waals surface area contributed by atoms with Gasteiger partial charge in [0.2, 0.25) is 0 Å². The Kier molecular flexibility index (Phi) is 4.40. The first kappa shape index (κ1) is 14.8. The predicted octanol–water partition coefficient (Wildman–Crippen LogP) is 3.13. The summed E-state index contributed by atoms with van der Waals surface area (Å²) >= 11 is 0. The summed E-state index contributed by atoms with van der Waals surface area (Å²) in [7, 11) is 0. The van der Waals surface area contributed by atoms with Gasteiger partial charge in [0.1, 0.15) is 0 Å². The summed E-state index contributed by atoms with van der Waals surface area (Å²) in [4.78, 5) is 0. The second-order valence-electron chi connectivity index (χ2n) is 7.48. The minimum Gasteiger partial charge on any atom is -0.381 e. The molecule has 3 rings (SSSR count). The maximum atomic E-state index is 6.22. The van der Waals surface area contributed by atoms with E-state index >= 15 is 0 Å². The SMILES string of the molecule is CCCNC(C1CCOC2(CCOCC2)C1)C1(C)CC1. The van der Waals surface area contributed by atoms with Gasteiger partial charge in [-0.1, -0.05) is 13.8 Å². The van der Waals surface area contributed by atoms with Crippen LogP contribution in [0.25, 0.3) is 0 Å². The zero-order chi connectivity index (χ0) is 14.1. The maximum absolute atomic E-state index is 6.22. The molecule has 3 nitrogen and oxygen atoms in total. The number of hydrogen-bond donors (Lipinski definition) is 1. The highest BCUT2D eigenvalue weighted by molar-refractivity contribution is 5.04. The summed E-state index contributed by atoms with van der Waals surface area (Å²) in [5.74, 6) is 0.792. The normalized spacial score (nSPS) is 33.0. The molecule has 2 aliphatic heterocycles. The third-order valence-corrected chi connectivity index (χ3v) is 5.81. The zero-order valence-electron chi connectivity index (χ0n) is 13.2. The van der Waals surface area contributed by atoms with Crippen molar-refractivity contribution in [2.24, 2.45) is 11.3 Å². The van der Waals surface area contributed by atoms with Crippen molar-refractivity contribution in [2.75, 3.05) is 26.4 Å². The summed E-state index contributed by atoms with van der Waals surface area (Å²) < 4.78 is 11.8. The summed E-state index contributed by atoms with van der Waals surface area (Å²) in [6.07, 6.45) is 8.72. The molecule has 2 unspecified atom stereocenters. The molecule has 0 amide bonds. The molecule has 1 N–H and O–H groups in total. The fourth-order valence-corrected chi connectivity index (χ4v) is 4.23. The van der Waals surface area contributed by atoms with Gasteiger partial charge in [-0.2, -0.15) is 0 Å². The van der Waals surface area contributed by atoms with Crippen molar-refractivity contribution in [1.29, 1.82) is 0 Å². The molecule has 20 heavy (non-hydrogen) atoms. The minimum absolute atomic E-state index is 0.137. The van der Waals surface area contributed by atoms with E-state index in [0.717, 1.165) is 45.1 Å². The summed E-state index contributed by atoms with van der Waals surface area (Å²) in [5, 5.41) is 3.88. The summed E-state index contributed by atoms with van der Waals surface area (Å²) in [6.45, 7) is 8.63. The van der Waals surface area contributed by atoms with Gasteiger partial charge in [0.15, 0.2) is 0 Å². The molecule has 3 fully saturated rings. The van der Waals surface area contributed by atoms with E-state index in [4.69, 9.17) is 9.47 Å². The molecule has 1 aliphatic carbocycles. The van der Waals surface area contributed by atoms with Crippen LogP contribution in [-0.2, 0) is 9.47 Å². The second-order valence-corrected chi connectivity index (χ2v) is 7.48. The first-order chi connectivity index (χ1) is 9.68. The van der Waals surface area contributed by atoms with Crippen LogP contribution < -0.4 is 5.32 Å². The van der Waals surface area contributed by atoms with E-state index in [1.165, 1.54) is 32.1 Å². The smallest absolute Gasteiger partial charge is 0.0729 e. The molecule has 0 aromatic heterocycles. The average molecular weight is 281 g/mol. The molecule has 2 heterocycles. The van der Waals surface area contributed by atoms with Crippen molar-refractivity contribution in [3.63, 3.8) is 0 Å². The van der Waals surface area contributed by atoms with E-state index in [-0.39, 0.29) is 5.60 Å². The minimum atomic E-state index is 0.137. The zero-order valence-corrected chi connectivity index (χ0v) is 13.2. The largest absolute Gasteiger partial charge is 0.381 e. The molecule has 0 radical (unpaired) electrons. The topological polar surface area (TPSA) is 30.5 Å². The highest BCUT2D eigenvalue weighted by Crippen LogP contribution is 2.53. The van der Waals surface area contributed by atoms with Crippen LogP contribution in [0.2, 0.25) is 0 Å². The van der Waals surface area contributed by atoms with Crippen LogP contribution in [0.1, 0.15) is 58.8 Å². The Labute approximate surface area is 123 Å². The van der Waals surface area contributed by atoms with Crippen molar-refractivity contribution in [2.45, 2.75) is 70.4 Å². The Morgan fingerprint density at radius 2 is 1.90 bits per heavy atom. The Morgan fingerprint density at radius 3 is 2.55 bits per heavy atom. The Morgan fingerprint density at radius 1 is 1.15 bits per heavy atom. The first-order valence-electron chi connectivity index (χ1n) is 8.63. The van der Waals surface area contributed by atoms with Gasteiger partial charge in [-0.25, -0.2) is 0 Å². The third kappa shape index (κ3) is 3.05. The van der Waals surface area contributed by atoms with Gasteiger partial charge in [0, 0.05) is 25.9 Å². The predicted molar refractivity (Wildman–Crippen MR) is 80.9 cm³/mol. The van der Waals surface area contributed by atoms with Crippen LogP contribution in [-0.4, -0.2) is 38.0 Å². The van der Waals surface area contributed by atoms with Gasteiger partial charge in [0.05, 0.1) is 5.60 Å². The molecular formula is C17H31NO2. The van der Waals surface area contributed by atoms with E-state index in [1.807, 2.05) is 0 Å². The summed E-state index contributed by atoms with van der Waals surface area (Å²) in [6, 6.07) is 0.700. The molecule has 3 heteroatoms. The van der Waals surface area contributed by atoms with Crippen molar-refractivity contribution >= 4 is 0 Å². The monoisotopic (exact) mass is 281 g/mol. The lowest BCUT2D eigenvalue weighted by Crippen LogP contribution is -2.51. The van der Waals surface area contributed by atoms with E-state index in [2.05, 4.69) is 19.2 Å². The maximum Gasteiger partial charge on any atom is 0.0729 e. The van der Waals surface area contributed by atoms with E-state index < -0.39 is 0 Å². The van der Waals surface area contributed by atoms with Crippen molar-refractivity contribution in [3.05, 3.63) is 0 Å². The highest BCUT2D eigenvalue weighted by atomic mass is 16.5. The molecule has 1 saturated carbocycles. The number of nitrogens with one attached hydrogen (secondary N) is 1. The fourth-order valence-electron chi connectivity index (χ4n) is 4.23. The Bertz CT molecular complexity index is 315. The molecule has 3 aliphatic rings. The van der Waals surface area contributed by atoms with Crippen molar-refractivity contribution in [3.8, 4) is 0 Å². The molecular weight excluding hydrogens is 250 g/mol. The molecule has 116 valence electrons. The molecule has 2 atom stereocenters. The van der Waals surface area contributed by atoms with Gasteiger partial charge in [-0.05, 0) is 62.8 Å². The standard InChI is InChI=1S/C17H31NO2/c1-3-9-18-15(16(2)5-6-16)14-4-10-20-17(13-14)7-11-19-12-8-17/h14-15,18H,3-13H2,1-2H3. The lowest BCUT2D eigenvalue weighted by atomic mass is 9.74. The van der Waals surface area contributed by atoms with Gasteiger partial charge in [-0.3, -0.25) is 0 Å². The van der Waals surface area contributed by atoms with E-state index in [0.29, 0.717) is 11.5 Å². The van der Waals surface area contributed by atoms with Crippen LogP contribution in [0, 0.1) is 11.3 Å². The van der Waals surface area contributed by atoms with Crippen LogP contribution in [0.15, 0.2) is 0 Å². The van der Waals surface area contributed by atoms with Crippen molar-refractivity contribution in [1.82, 2.24) is 5.32 Å². The lowest BCUT2D eigenvalue weighted by molar-refractivity contribution is -0.152. The van der Waals surface area contributed by atoms with Gasteiger partial charge in [-0.15, -0.1) is 0 Å². The van der Waals surface area contributed by atoms with Gasteiger partial charge >= 0.3 is 0 Å². The van der Waals surface area contributed by atoms with Crippen LogP contribution in [0.4, 0.5) is 0 Å². The number of rotatable bonds is 5. The number of hydrogen-bond acceptors (Lipinski definition) is 3. The number of ether oxygens (including phenoxy) is 2. The highest BCUT2D eigenvalue weighted by Gasteiger charge is 2.50. The quantitative estimate of drug-likeness (QED) is 0.840. The summed E-state index contributed by atoms with van der Waals surface area (Å²) in [5.41, 5.74) is 0.697. The lowest BCUT2D eigenvalue weighted by Gasteiger charge is -2.46. The molecule has 0 bridgehead atoms. The Hall–Kier alpha value is -0.120. The second kappa shape index (κ2) is 5.94. The first-order valence-corrected chi connectivity index (χ1v) is 8.63. The third-order valence-electron chi connectivity index (χ3n) is 5.81. The van der Waals surface area contributed by atoms with E-state index in [1.54, 1.807) is 0 Å². The Balaban J connectivity index is 1.67. The van der Waals surface area contributed by atoms with Crippen LogP contribution >= 0.6 is 0 Å². The van der Waals surface area contributed by atoms with Gasteiger partial charge < -0.3 is 14.8 Å². The van der Waals surface area contributed by atoms with E-state index in [9.17, 15) is 0 Å². The average Bonchev–Trinajstić information content (AvgIpc) is 3.19. The van der Waals surface area contributed by atoms with Gasteiger partial charge in [0.25, 0.3) is 0 Å². The molecule has 2 saturated heterocycles.